The monoisotopic (exact) mass is 328 g/mol. The van der Waals surface area contributed by atoms with Crippen molar-refractivity contribution in [2.75, 3.05) is 0 Å². The second-order valence-electron chi connectivity index (χ2n) is 5.72. The van der Waals surface area contributed by atoms with Gasteiger partial charge in [-0.25, -0.2) is 0 Å². The van der Waals surface area contributed by atoms with Crippen LogP contribution in [0.15, 0.2) is 42.5 Å². The third-order valence-corrected chi connectivity index (χ3v) is 5.04. The second-order valence-corrected chi connectivity index (χ2v) is 7.02. The van der Waals surface area contributed by atoms with Gasteiger partial charge in [-0.1, -0.05) is 78.2 Å². The topological polar surface area (TPSA) is 0 Å². The van der Waals surface area contributed by atoms with E-state index in [2.05, 4.69) is 65.3 Å². The van der Waals surface area contributed by atoms with Crippen molar-refractivity contribution in [3.8, 4) is 11.1 Å². The van der Waals surface area contributed by atoms with Crippen LogP contribution in [-0.2, 0) is 12.8 Å². The molecule has 104 valence electrons. The largest absolute Gasteiger partial charge is 0.0887 e. The Morgan fingerprint density at radius 3 is 2.70 bits per heavy atom. The van der Waals surface area contributed by atoms with E-state index in [1.54, 1.807) is 5.56 Å². The fourth-order valence-corrected chi connectivity index (χ4v) is 3.85. The number of alkyl halides is 1. The molecule has 3 rings (SSSR count). The van der Waals surface area contributed by atoms with Gasteiger partial charge >= 0.3 is 0 Å². The Labute approximate surface area is 130 Å². The number of unbranched alkanes of at least 4 members (excludes halogenated alkanes) is 1. The van der Waals surface area contributed by atoms with Crippen LogP contribution in [0, 0.1) is 0 Å². The minimum absolute atomic E-state index is 0.609. The maximum absolute atomic E-state index is 3.86. The molecule has 0 spiro atoms. The van der Waals surface area contributed by atoms with Crippen molar-refractivity contribution < 1.29 is 0 Å². The molecule has 1 aliphatic carbocycles. The van der Waals surface area contributed by atoms with Crippen LogP contribution in [0.25, 0.3) is 11.1 Å². The fourth-order valence-electron chi connectivity index (χ4n) is 3.18. The highest BCUT2D eigenvalue weighted by atomic mass is 79.9. The van der Waals surface area contributed by atoms with Gasteiger partial charge in [-0.2, -0.15) is 0 Å². The molecule has 2 aromatic carbocycles. The molecule has 2 aromatic rings. The molecule has 0 amide bonds. The summed E-state index contributed by atoms with van der Waals surface area (Å²) in [6, 6.07) is 15.6. The first kappa shape index (κ1) is 13.9. The first-order valence-corrected chi connectivity index (χ1v) is 8.54. The van der Waals surface area contributed by atoms with Crippen molar-refractivity contribution in [1.29, 1.82) is 0 Å². The summed E-state index contributed by atoms with van der Waals surface area (Å²) in [6.45, 7) is 2.26. The van der Waals surface area contributed by atoms with Crippen LogP contribution < -0.4 is 0 Å². The van der Waals surface area contributed by atoms with Gasteiger partial charge in [0.25, 0.3) is 0 Å². The van der Waals surface area contributed by atoms with Gasteiger partial charge in [0.1, 0.15) is 0 Å². The highest BCUT2D eigenvalue weighted by Crippen LogP contribution is 2.38. The normalized spacial score (nSPS) is 13.9. The summed E-state index contributed by atoms with van der Waals surface area (Å²) < 4.78 is 0. The average molecular weight is 329 g/mol. The van der Waals surface area contributed by atoms with Gasteiger partial charge in [-0.15, -0.1) is 0 Å². The van der Waals surface area contributed by atoms with Gasteiger partial charge in [-0.3, -0.25) is 0 Å². The van der Waals surface area contributed by atoms with E-state index in [4.69, 9.17) is 0 Å². The lowest BCUT2D eigenvalue weighted by atomic mass is 9.97. The molecule has 0 fully saturated rings. The van der Waals surface area contributed by atoms with Crippen molar-refractivity contribution >= 4 is 15.9 Å². The number of halogens is 1. The minimum atomic E-state index is 0.609. The van der Waals surface area contributed by atoms with E-state index in [0.717, 1.165) is 12.8 Å². The maximum atomic E-state index is 3.86. The zero-order valence-electron chi connectivity index (χ0n) is 12.0. The zero-order valence-corrected chi connectivity index (χ0v) is 13.6. The zero-order chi connectivity index (χ0) is 13.9. The van der Waals surface area contributed by atoms with E-state index in [0.29, 0.717) is 4.83 Å². The Balaban J connectivity index is 1.86. The van der Waals surface area contributed by atoms with Gasteiger partial charge in [0, 0.05) is 4.83 Å². The smallest absolute Gasteiger partial charge is 0.0186 e. The highest BCUT2D eigenvalue weighted by molar-refractivity contribution is 9.09. The van der Waals surface area contributed by atoms with Crippen LogP contribution >= 0.6 is 15.9 Å². The highest BCUT2D eigenvalue weighted by Gasteiger charge is 2.21. The van der Waals surface area contributed by atoms with Crippen molar-refractivity contribution in [2.24, 2.45) is 0 Å². The lowest BCUT2D eigenvalue weighted by molar-refractivity contribution is 0.686. The number of fused-ring (bicyclic) bond motifs is 3. The summed E-state index contributed by atoms with van der Waals surface area (Å²) in [7, 11) is 0. The van der Waals surface area contributed by atoms with Crippen LogP contribution in [0.2, 0.25) is 0 Å². The molecular weight excluding hydrogens is 308 g/mol. The van der Waals surface area contributed by atoms with Gasteiger partial charge in [-0.05, 0) is 47.1 Å². The first-order chi connectivity index (χ1) is 9.79. The van der Waals surface area contributed by atoms with Gasteiger partial charge in [0.2, 0.25) is 0 Å². The third-order valence-electron chi connectivity index (χ3n) is 4.26. The average Bonchev–Trinajstić information content (AvgIpc) is 2.85. The van der Waals surface area contributed by atoms with Gasteiger partial charge < -0.3 is 0 Å². The van der Waals surface area contributed by atoms with Crippen LogP contribution in [-0.4, -0.2) is 4.83 Å². The Hall–Kier alpha value is -1.08. The maximum Gasteiger partial charge on any atom is 0.0186 e. The summed E-state index contributed by atoms with van der Waals surface area (Å²) in [5.74, 6) is 0. The number of rotatable bonds is 5. The van der Waals surface area contributed by atoms with E-state index >= 15 is 0 Å². The molecule has 0 nitrogen and oxygen atoms in total. The standard InChI is InChI=1S/C19H21Br/c1-2-3-9-16(20)12-14-8-6-11-18-17-10-5-4-7-15(17)13-19(14)18/h4-8,10-11,16H,2-3,9,12-13H2,1H3. The molecule has 0 bridgehead atoms. The second kappa shape index (κ2) is 6.13. The van der Waals surface area contributed by atoms with Gasteiger partial charge in [0.15, 0.2) is 0 Å². The van der Waals surface area contributed by atoms with E-state index in [1.165, 1.54) is 41.5 Å². The molecule has 1 heteroatoms. The van der Waals surface area contributed by atoms with Crippen molar-refractivity contribution in [3.63, 3.8) is 0 Å². The summed E-state index contributed by atoms with van der Waals surface area (Å²) in [5, 5.41) is 0. The first-order valence-electron chi connectivity index (χ1n) is 7.62. The predicted molar refractivity (Wildman–Crippen MR) is 90.6 cm³/mol. The molecule has 0 saturated carbocycles. The van der Waals surface area contributed by atoms with Crippen molar-refractivity contribution in [2.45, 2.75) is 43.9 Å². The molecule has 0 aliphatic heterocycles. The lowest BCUT2D eigenvalue weighted by Gasteiger charge is -2.13. The van der Waals surface area contributed by atoms with E-state index in [-0.39, 0.29) is 0 Å². The SMILES string of the molecule is CCCCC(Br)Cc1cccc2c1Cc1ccccc1-2. The molecule has 1 aliphatic rings. The Morgan fingerprint density at radius 2 is 1.85 bits per heavy atom. The Kier molecular flexibility index (Phi) is 4.26. The summed E-state index contributed by atoms with van der Waals surface area (Å²) in [6.07, 6.45) is 6.12. The van der Waals surface area contributed by atoms with Crippen LogP contribution in [0.1, 0.15) is 42.9 Å². The predicted octanol–water partition coefficient (Wildman–Crippen LogP) is 5.75. The van der Waals surface area contributed by atoms with Crippen molar-refractivity contribution in [3.05, 3.63) is 59.2 Å². The van der Waals surface area contributed by atoms with Crippen LogP contribution in [0.3, 0.4) is 0 Å². The fraction of sp³-hybridized carbons (Fsp3) is 0.368. The quantitative estimate of drug-likeness (QED) is 0.523. The number of benzene rings is 2. The molecule has 0 N–H and O–H groups in total. The summed E-state index contributed by atoms with van der Waals surface area (Å²) in [5.41, 5.74) is 7.44. The van der Waals surface area contributed by atoms with E-state index in [1.807, 2.05) is 0 Å². The number of hydrogen-bond donors (Lipinski definition) is 0. The molecule has 0 radical (unpaired) electrons. The third kappa shape index (κ3) is 2.69. The summed E-state index contributed by atoms with van der Waals surface area (Å²) in [4.78, 5) is 0.609. The molecule has 1 unspecified atom stereocenters. The Morgan fingerprint density at radius 1 is 1.05 bits per heavy atom. The van der Waals surface area contributed by atoms with Gasteiger partial charge in [0.05, 0.1) is 0 Å². The summed E-state index contributed by atoms with van der Waals surface area (Å²) >= 11 is 3.86. The van der Waals surface area contributed by atoms with Crippen molar-refractivity contribution in [1.82, 2.24) is 0 Å². The molecule has 0 heterocycles. The van der Waals surface area contributed by atoms with E-state index < -0.39 is 0 Å². The Bertz CT molecular complexity index is 600. The molecule has 1 atom stereocenters. The van der Waals surface area contributed by atoms with Crippen LogP contribution in [0.5, 0.6) is 0 Å². The minimum Gasteiger partial charge on any atom is -0.0887 e. The van der Waals surface area contributed by atoms with E-state index in [9.17, 15) is 0 Å². The van der Waals surface area contributed by atoms with Crippen LogP contribution in [0.4, 0.5) is 0 Å². The molecule has 0 saturated heterocycles. The number of hydrogen-bond acceptors (Lipinski definition) is 0. The molecular formula is C19H21Br. The lowest BCUT2D eigenvalue weighted by Crippen LogP contribution is -2.05. The molecule has 20 heavy (non-hydrogen) atoms. The molecule has 0 aromatic heterocycles.